The van der Waals surface area contributed by atoms with Crippen LogP contribution in [0.25, 0.3) is 0 Å². The molecular weight excluding hydrogens is 278 g/mol. The van der Waals surface area contributed by atoms with Gasteiger partial charge in [-0.25, -0.2) is 0 Å². The van der Waals surface area contributed by atoms with Crippen molar-refractivity contribution in [3.8, 4) is 5.75 Å². The van der Waals surface area contributed by atoms with E-state index in [-0.39, 0.29) is 0 Å². The molecule has 0 spiro atoms. The molecule has 17 heavy (non-hydrogen) atoms. The highest BCUT2D eigenvalue weighted by molar-refractivity contribution is 9.09. The smallest absolute Gasteiger partial charge is 0.115 e. The predicted molar refractivity (Wildman–Crippen MR) is 78.1 cm³/mol. The number of benzene rings is 1. The van der Waals surface area contributed by atoms with Crippen LogP contribution in [0, 0.1) is 0 Å². The molecule has 0 saturated carbocycles. The fourth-order valence-corrected chi connectivity index (χ4v) is 2.14. The van der Waals surface area contributed by atoms with E-state index >= 15 is 0 Å². The maximum absolute atomic E-state index is 9.14. The SMILES string of the molecule is Oc1ccc(NCCCCCCCCBr)cc1. The first-order valence-electron chi connectivity index (χ1n) is 6.42. The minimum atomic E-state index is 0.322. The summed E-state index contributed by atoms with van der Waals surface area (Å²) in [6, 6.07) is 7.24. The summed E-state index contributed by atoms with van der Waals surface area (Å²) in [4.78, 5) is 0. The second kappa shape index (κ2) is 9.34. The molecule has 0 aliphatic carbocycles. The first-order chi connectivity index (χ1) is 8.33. The van der Waals surface area contributed by atoms with Gasteiger partial charge in [0.15, 0.2) is 0 Å². The number of phenols is 1. The molecule has 96 valence electrons. The summed E-state index contributed by atoms with van der Waals surface area (Å²) in [6.07, 6.45) is 7.85. The topological polar surface area (TPSA) is 32.3 Å². The van der Waals surface area contributed by atoms with Gasteiger partial charge in [-0.05, 0) is 37.1 Å². The molecule has 0 bridgehead atoms. The first kappa shape index (κ1) is 14.4. The normalized spacial score (nSPS) is 10.4. The maximum Gasteiger partial charge on any atom is 0.115 e. The highest BCUT2D eigenvalue weighted by Gasteiger charge is 1.93. The second-order valence-electron chi connectivity index (χ2n) is 4.28. The van der Waals surface area contributed by atoms with Crippen molar-refractivity contribution in [1.82, 2.24) is 0 Å². The molecule has 0 atom stereocenters. The van der Waals surface area contributed by atoms with Crippen molar-refractivity contribution in [2.75, 3.05) is 17.2 Å². The molecule has 2 nitrogen and oxygen atoms in total. The fraction of sp³-hybridized carbons (Fsp3) is 0.571. The average Bonchev–Trinajstić information content (AvgIpc) is 2.35. The summed E-state index contributed by atoms with van der Waals surface area (Å²) in [5.41, 5.74) is 1.09. The molecule has 1 aromatic carbocycles. The summed E-state index contributed by atoms with van der Waals surface area (Å²) in [7, 11) is 0. The molecule has 1 aromatic rings. The molecule has 0 aliphatic heterocycles. The van der Waals surface area contributed by atoms with Crippen molar-refractivity contribution in [2.45, 2.75) is 38.5 Å². The lowest BCUT2D eigenvalue weighted by Gasteiger charge is -2.06. The van der Waals surface area contributed by atoms with Gasteiger partial charge >= 0.3 is 0 Å². The number of hydrogen-bond donors (Lipinski definition) is 2. The number of hydrogen-bond acceptors (Lipinski definition) is 2. The van der Waals surface area contributed by atoms with Crippen LogP contribution in [0.15, 0.2) is 24.3 Å². The largest absolute Gasteiger partial charge is 0.508 e. The van der Waals surface area contributed by atoms with E-state index in [9.17, 15) is 0 Å². The van der Waals surface area contributed by atoms with Crippen LogP contribution in [0.3, 0.4) is 0 Å². The van der Waals surface area contributed by atoms with Gasteiger partial charge in [0.2, 0.25) is 0 Å². The van der Waals surface area contributed by atoms with Crippen LogP contribution >= 0.6 is 15.9 Å². The van der Waals surface area contributed by atoms with Gasteiger partial charge in [0.25, 0.3) is 0 Å². The molecule has 0 aromatic heterocycles. The fourth-order valence-electron chi connectivity index (χ4n) is 1.74. The van der Waals surface area contributed by atoms with E-state index in [0.29, 0.717) is 5.75 Å². The Morgan fingerprint density at radius 2 is 1.47 bits per heavy atom. The van der Waals surface area contributed by atoms with Gasteiger partial charge in [0, 0.05) is 17.6 Å². The number of phenolic OH excluding ortho intramolecular Hbond substituents is 1. The van der Waals surface area contributed by atoms with E-state index in [1.165, 1.54) is 38.5 Å². The highest BCUT2D eigenvalue weighted by atomic mass is 79.9. The third kappa shape index (κ3) is 7.27. The number of nitrogens with one attached hydrogen (secondary N) is 1. The second-order valence-corrected chi connectivity index (χ2v) is 5.08. The molecule has 0 heterocycles. The zero-order valence-electron chi connectivity index (χ0n) is 10.3. The third-order valence-corrected chi connectivity index (χ3v) is 3.32. The van der Waals surface area contributed by atoms with Crippen LogP contribution in [0.2, 0.25) is 0 Å². The quantitative estimate of drug-likeness (QED) is 0.399. The molecule has 0 saturated heterocycles. The van der Waals surface area contributed by atoms with Crippen LogP contribution in [0.1, 0.15) is 38.5 Å². The summed E-state index contributed by atoms with van der Waals surface area (Å²) in [6.45, 7) is 1.02. The van der Waals surface area contributed by atoms with Gasteiger partial charge < -0.3 is 10.4 Å². The minimum Gasteiger partial charge on any atom is -0.508 e. The van der Waals surface area contributed by atoms with E-state index in [2.05, 4.69) is 21.2 Å². The monoisotopic (exact) mass is 299 g/mol. The Balaban J connectivity index is 1.95. The van der Waals surface area contributed by atoms with Crippen molar-refractivity contribution in [1.29, 1.82) is 0 Å². The molecule has 0 unspecified atom stereocenters. The Bertz CT molecular complexity index is 287. The van der Waals surface area contributed by atoms with Gasteiger partial charge in [-0.15, -0.1) is 0 Å². The molecule has 0 aliphatic rings. The van der Waals surface area contributed by atoms with Crippen molar-refractivity contribution in [3.63, 3.8) is 0 Å². The van der Waals surface area contributed by atoms with Crippen LogP contribution < -0.4 is 5.32 Å². The molecule has 0 radical (unpaired) electrons. The van der Waals surface area contributed by atoms with Gasteiger partial charge in [-0.2, -0.15) is 0 Å². The Morgan fingerprint density at radius 1 is 0.882 bits per heavy atom. The van der Waals surface area contributed by atoms with E-state index < -0.39 is 0 Å². The third-order valence-electron chi connectivity index (χ3n) is 2.76. The van der Waals surface area contributed by atoms with Crippen LogP contribution in [-0.4, -0.2) is 17.0 Å². The molecule has 3 heteroatoms. The van der Waals surface area contributed by atoms with E-state index in [1.54, 1.807) is 12.1 Å². The Morgan fingerprint density at radius 3 is 2.12 bits per heavy atom. The van der Waals surface area contributed by atoms with Crippen LogP contribution in [-0.2, 0) is 0 Å². The summed E-state index contributed by atoms with van der Waals surface area (Å²) in [5, 5.41) is 13.6. The number of rotatable bonds is 9. The molecule has 0 fully saturated rings. The summed E-state index contributed by atoms with van der Waals surface area (Å²) < 4.78 is 0. The van der Waals surface area contributed by atoms with Crippen molar-refractivity contribution in [3.05, 3.63) is 24.3 Å². The minimum absolute atomic E-state index is 0.322. The molecular formula is C14H22BrNO. The zero-order valence-corrected chi connectivity index (χ0v) is 11.9. The van der Waals surface area contributed by atoms with Crippen molar-refractivity contribution in [2.24, 2.45) is 0 Å². The highest BCUT2D eigenvalue weighted by Crippen LogP contribution is 2.14. The first-order valence-corrected chi connectivity index (χ1v) is 7.54. The van der Waals surface area contributed by atoms with Gasteiger partial charge in [-0.1, -0.05) is 41.6 Å². The van der Waals surface area contributed by atoms with E-state index in [0.717, 1.165) is 17.6 Å². The molecule has 1 rings (SSSR count). The van der Waals surface area contributed by atoms with Gasteiger partial charge in [0.05, 0.1) is 0 Å². The zero-order chi connectivity index (χ0) is 12.3. The van der Waals surface area contributed by atoms with E-state index in [4.69, 9.17) is 5.11 Å². The van der Waals surface area contributed by atoms with Crippen LogP contribution in [0.4, 0.5) is 5.69 Å². The van der Waals surface area contributed by atoms with Crippen molar-refractivity contribution >= 4 is 21.6 Å². The van der Waals surface area contributed by atoms with E-state index in [1.807, 2.05) is 12.1 Å². The predicted octanol–water partition coefficient (Wildman–Crippen LogP) is 4.54. The maximum atomic E-state index is 9.14. The average molecular weight is 300 g/mol. The lowest BCUT2D eigenvalue weighted by Crippen LogP contribution is -2.00. The summed E-state index contributed by atoms with van der Waals surface area (Å²) >= 11 is 3.45. The van der Waals surface area contributed by atoms with Crippen molar-refractivity contribution < 1.29 is 5.11 Å². The lowest BCUT2D eigenvalue weighted by atomic mass is 10.1. The molecule has 2 N–H and O–H groups in total. The number of alkyl halides is 1. The van der Waals surface area contributed by atoms with Crippen LogP contribution in [0.5, 0.6) is 5.75 Å². The Kier molecular flexibility index (Phi) is 7.89. The Hall–Kier alpha value is -0.700. The van der Waals surface area contributed by atoms with Gasteiger partial charge in [0.1, 0.15) is 5.75 Å². The summed E-state index contributed by atoms with van der Waals surface area (Å²) in [5.74, 6) is 0.322. The number of anilines is 1. The molecule has 0 amide bonds. The standard InChI is InChI=1S/C14H22BrNO/c15-11-5-3-1-2-4-6-12-16-13-7-9-14(17)10-8-13/h7-10,16-17H,1-6,11-12H2. The number of aromatic hydroxyl groups is 1. The number of unbranched alkanes of at least 4 members (excludes halogenated alkanes) is 5. The lowest BCUT2D eigenvalue weighted by molar-refractivity contribution is 0.475. The number of halogens is 1. The Labute approximate surface area is 113 Å². The van der Waals surface area contributed by atoms with Gasteiger partial charge in [-0.3, -0.25) is 0 Å².